The molecule has 1 heteroatoms. The molecule has 13 heavy (non-hydrogen) atoms. The molecule has 0 saturated heterocycles. The van der Waals surface area contributed by atoms with Gasteiger partial charge in [0.15, 0.2) is 0 Å². The minimum absolute atomic E-state index is 0.564. The molecule has 1 saturated carbocycles. The van der Waals surface area contributed by atoms with E-state index in [-0.39, 0.29) is 0 Å². The average Bonchev–Trinajstić information content (AvgIpc) is 1.78. The molecule has 0 nitrogen and oxygen atoms in total. The fraction of sp³-hybridized carbons (Fsp3) is 1.00. The number of alkyl halides is 1. The molecule has 0 spiro atoms. The van der Waals surface area contributed by atoms with Crippen LogP contribution in [-0.2, 0) is 0 Å². The van der Waals surface area contributed by atoms with Gasteiger partial charge < -0.3 is 0 Å². The molecule has 0 aromatic carbocycles. The van der Waals surface area contributed by atoms with E-state index in [9.17, 15) is 0 Å². The molecular weight excluding hydrogens is 224 g/mol. The maximum Gasteiger partial charge on any atom is 0.00339 e. The van der Waals surface area contributed by atoms with Crippen LogP contribution in [0.2, 0.25) is 0 Å². The van der Waals surface area contributed by atoms with Crippen molar-refractivity contribution in [3.05, 3.63) is 0 Å². The quantitative estimate of drug-likeness (QED) is 0.624. The lowest BCUT2D eigenvalue weighted by atomic mass is 9.61. The lowest BCUT2D eigenvalue weighted by Crippen LogP contribution is -2.33. The van der Waals surface area contributed by atoms with Crippen LogP contribution in [0.3, 0.4) is 0 Å². The van der Waals surface area contributed by atoms with Crippen LogP contribution in [0.1, 0.15) is 53.4 Å². The average molecular weight is 247 g/mol. The third-order valence-electron chi connectivity index (χ3n) is 3.16. The smallest absolute Gasteiger partial charge is 0.00339 e. The van der Waals surface area contributed by atoms with Crippen LogP contribution in [0.5, 0.6) is 0 Å². The second kappa shape index (κ2) is 3.92. The van der Waals surface area contributed by atoms with Crippen molar-refractivity contribution in [1.82, 2.24) is 0 Å². The van der Waals surface area contributed by atoms with Crippen LogP contribution < -0.4 is 0 Å². The SMILES string of the molecule is CC1(C)CC(CCBr)CC(C)(C)C1. The fourth-order valence-corrected chi connectivity index (χ4v) is 4.08. The first-order valence-electron chi connectivity index (χ1n) is 5.41. The maximum absolute atomic E-state index is 3.56. The lowest BCUT2D eigenvalue weighted by molar-refractivity contribution is 0.0666. The Bertz CT molecular complexity index is 154. The molecule has 0 atom stereocenters. The Morgan fingerprint density at radius 1 is 1.08 bits per heavy atom. The summed E-state index contributed by atoms with van der Waals surface area (Å²) >= 11 is 3.56. The Hall–Kier alpha value is 0.480. The van der Waals surface area contributed by atoms with Gasteiger partial charge in [0.05, 0.1) is 0 Å². The molecule has 1 aliphatic carbocycles. The van der Waals surface area contributed by atoms with Crippen molar-refractivity contribution in [2.45, 2.75) is 53.4 Å². The van der Waals surface area contributed by atoms with Crippen LogP contribution in [0, 0.1) is 16.7 Å². The van der Waals surface area contributed by atoms with Crippen molar-refractivity contribution >= 4 is 15.9 Å². The molecule has 1 aliphatic rings. The van der Waals surface area contributed by atoms with Crippen molar-refractivity contribution < 1.29 is 0 Å². The van der Waals surface area contributed by atoms with Gasteiger partial charge in [-0.25, -0.2) is 0 Å². The molecule has 0 aromatic heterocycles. The van der Waals surface area contributed by atoms with Crippen LogP contribution in [-0.4, -0.2) is 5.33 Å². The van der Waals surface area contributed by atoms with E-state index in [2.05, 4.69) is 43.6 Å². The molecule has 1 rings (SSSR count). The summed E-state index contributed by atoms with van der Waals surface area (Å²) in [5, 5.41) is 1.17. The van der Waals surface area contributed by atoms with Crippen molar-refractivity contribution in [2.75, 3.05) is 5.33 Å². The number of rotatable bonds is 2. The zero-order chi connectivity index (χ0) is 10.1. The number of halogens is 1. The van der Waals surface area contributed by atoms with Gasteiger partial charge in [-0.1, -0.05) is 43.6 Å². The van der Waals surface area contributed by atoms with E-state index in [0.717, 1.165) is 5.92 Å². The van der Waals surface area contributed by atoms with Gasteiger partial charge in [0.25, 0.3) is 0 Å². The van der Waals surface area contributed by atoms with Gasteiger partial charge in [0.1, 0.15) is 0 Å². The van der Waals surface area contributed by atoms with Gasteiger partial charge in [-0.15, -0.1) is 0 Å². The first-order chi connectivity index (χ1) is 5.85. The molecule has 0 unspecified atom stereocenters. The van der Waals surface area contributed by atoms with Gasteiger partial charge in [0, 0.05) is 5.33 Å². The Kier molecular flexibility index (Phi) is 3.49. The molecule has 1 fully saturated rings. The van der Waals surface area contributed by atoms with Gasteiger partial charge in [-0.3, -0.25) is 0 Å². The Balaban J connectivity index is 2.61. The Labute approximate surface area is 91.6 Å². The van der Waals surface area contributed by atoms with Crippen molar-refractivity contribution in [3.8, 4) is 0 Å². The molecule has 0 aliphatic heterocycles. The van der Waals surface area contributed by atoms with Crippen LogP contribution in [0.25, 0.3) is 0 Å². The summed E-state index contributed by atoms with van der Waals surface area (Å²) in [6.07, 6.45) is 5.58. The predicted molar refractivity (Wildman–Crippen MR) is 63.3 cm³/mol. The van der Waals surface area contributed by atoms with Crippen LogP contribution >= 0.6 is 15.9 Å². The topological polar surface area (TPSA) is 0 Å². The van der Waals surface area contributed by atoms with Gasteiger partial charge in [-0.2, -0.15) is 0 Å². The van der Waals surface area contributed by atoms with E-state index in [1.165, 1.54) is 31.0 Å². The highest BCUT2D eigenvalue weighted by atomic mass is 79.9. The summed E-state index contributed by atoms with van der Waals surface area (Å²) in [7, 11) is 0. The minimum Gasteiger partial charge on any atom is -0.0928 e. The number of hydrogen-bond acceptors (Lipinski definition) is 0. The van der Waals surface area contributed by atoms with E-state index in [4.69, 9.17) is 0 Å². The van der Waals surface area contributed by atoms with E-state index in [0.29, 0.717) is 10.8 Å². The van der Waals surface area contributed by atoms with Crippen molar-refractivity contribution in [1.29, 1.82) is 0 Å². The molecule has 0 heterocycles. The van der Waals surface area contributed by atoms with E-state index in [1.807, 2.05) is 0 Å². The summed E-state index contributed by atoms with van der Waals surface area (Å²) in [5.41, 5.74) is 1.13. The zero-order valence-electron chi connectivity index (χ0n) is 9.49. The Morgan fingerprint density at radius 2 is 1.54 bits per heavy atom. The minimum atomic E-state index is 0.564. The van der Waals surface area contributed by atoms with Crippen LogP contribution in [0.4, 0.5) is 0 Å². The highest BCUT2D eigenvalue weighted by Crippen LogP contribution is 2.49. The second-order valence-electron chi connectivity index (χ2n) is 6.26. The molecule has 0 amide bonds. The molecule has 0 aromatic rings. The maximum atomic E-state index is 3.56. The summed E-state index contributed by atoms with van der Waals surface area (Å²) in [6.45, 7) is 9.70. The first-order valence-corrected chi connectivity index (χ1v) is 6.53. The monoisotopic (exact) mass is 246 g/mol. The zero-order valence-corrected chi connectivity index (χ0v) is 11.1. The highest BCUT2D eigenvalue weighted by molar-refractivity contribution is 9.09. The third-order valence-corrected chi connectivity index (χ3v) is 3.61. The normalized spacial score (nSPS) is 27.5. The Morgan fingerprint density at radius 3 is 1.92 bits per heavy atom. The second-order valence-corrected chi connectivity index (χ2v) is 7.05. The predicted octanol–water partition coefficient (Wildman–Crippen LogP) is 4.62. The molecular formula is C12H23Br. The van der Waals surface area contributed by atoms with Crippen molar-refractivity contribution in [3.63, 3.8) is 0 Å². The summed E-state index contributed by atoms with van der Waals surface area (Å²) in [4.78, 5) is 0. The molecule has 0 N–H and O–H groups in total. The third kappa shape index (κ3) is 3.61. The van der Waals surface area contributed by atoms with E-state index < -0.39 is 0 Å². The van der Waals surface area contributed by atoms with E-state index >= 15 is 0 Å². The van der Waals surface area contributed by atoms with Gasteiger partial charge in [-0.05, 0) is 42.4 Å². The summed E-state index contributed by atoms with van der Waals surface area (Å²) in [6, 6.07) is 0. The fourth-order valence-electron chi connectivity index (χ4n) is 3.43. The lowest BCUT2D eigenvalue weighted by Gasteiger charge is -2.45. The van der Waals surface area contributed by atoms with E-state index in [1.54, 1.807) is 0 Å². The standard InChI is InChI=1S/C12H23Br/c1-11(2)7-10(5-6-13)8-12(3,4)9-11/h10H,5-9H2,1-4H3. The molecule has 0 bridgehead atoms. The van der Waals surface area contributed by atoms with Gasteiger partial charge in [0.2, 0.25) is 0 Å². The molecule has 0 radical (unpaired) electrons. The summed E-state index contributed by atoms with van der Waals surface area (Å²) in [5.74, 6) is 0.943. The molecule has 78 valence electrons. The van der Waals surface area contributed by atoms with Crippen molar-refractivity contribution in [2.24, 2.45) is 16.7 Å². The van der Waals surface area contributed by atoms with Crippen LogP contribution in [0.15, 0.2) is 0 Å². The number of hydrogen-bond donors (Lipinski definition) is 0. The first kappa shape index (κ1) is 11.6. The largest absolute Gasteiger partial charge is 0.0928 e. The van der Waals surface area contributed by atoms with Gasteiger partial charge >= 0.3 is 0 Å². The highest BCUT2D eigenvalue weighted by Gasteiger charge is 2.37. The summed E-state index contributed by atoms with van der Waals surface area (Å²) < 4.78 is 0.